The summed E-state index contributed by atoms with van der Waals surface area (Å²) in [5.41, 5.74) is 0.472. The number of hydrogen-bond donors (Lipinski definition) is 0. The van der Waals surface area contributed by atoms with E-state index in [0.717, 1.165) is 12.8 Å². The predicted molar refractivity (Wildman–Crippen MR) is 52.1 cm³/mol. The molecule has 2 aromatic heterocycles. The van der Waals surface area contributed by atoms with Crippen LogP contribution in [-0.2, 0) is 10.2 Å². The molecule has 90 valence electrons. The highest BCUT2D eigenvalue weighted by atomic mass is 32.3. The lowest BCUT2D eigenvalue weighted by Crippen LogP contribution is -2.06. The minimum Gasteiger partial charge on any atom is -0.364 e. The molecule has 0 atom stereocenters. The molecule has 1 aliphatic rings. The van der Waals surface area contributed by atoms with Crippen molar-refractivity contribution in [1.82, 2.24) is 19.9 Å². The molecule has 0 N–H and O–H groups in total. The first-order valence-corrected chi connectivity index (χ1v) is 6.25. The average molecular weight is 258 g/mol. The average Bonchev–Trinajstić information content (AvgIpc) is 2.81. The molecule has 3 rings (SSSR count). The Kier molecular flexibility index (Phi) is 2.05. The second kappa shape index (κ2) is 3.36. The third-order valence-corrected chi connectivity index (χ3v) is 3.20. The van der Waals surface area contributed by atoms with Crippen LogP contribution < -0.4 is 0 Å². The molecule has 0 unspecified atom stereocenters. The second-order valence-electron chi connectivity index (χ2n) is 3.76. The van der Waals surface area contributed by atoms with Crippen LogP contribution in [0.5, 0.6) is 0 Å². The van der Waals surface area contributed by atoms with Crippen molar-refractivity contribution in [3.63, 3.8) is 0 Å². The number of rotatable bonds is 3. The fourth-order valence-electron chi connectivity index (χ4n) is 1.62. The van der Waals surface area contributed by atoms with E-state index in [1.54, 1.807) is 0 Å². The molecule has 0 radical (unpaired) electrons. The second-order valence-corrected chi connectivity index (χ2v) is 5.00. The lowest BCUT2D eigenvalue weighted by molar-refractivity contribution is 0.420. The van der Waals surface area contributed by atoms with Gasteiger partial charge in [-0.2, -0.15) is 8.42 Å². The Balaban J connectivity index is 2.21. The molecule has 2 aromatic rings. The highest BCUT2D eigenvalue weighted by molar-refractivity contribution is 7.86. The van der Waals surface area contributed by atoms with Gasteiger partial charge in [-0.15, -0.1) is 10.2 Å². The number of nitrogens with zero attached hydrogens (tertiary/aromatic N) is 4. The molecule has 0 aromatic carbocycles. The van der Waals surface area contributed by atoms with E-state index in [9.17, 15) is 12.3 Å². The van der Waals surface area contributed by atoms with E-state index in [-0.39, 0.29) is 11.9 Å². The van der Waals surface area contributed by atoms with Crippen LogP contribution in [0.2, 0.25) is 0 Å². The standard InChI is InChI=1S/C8H7FN4O3S/c9-17(14,15)8-12-11-7(5-3-10-16-4-5)13(8)6-1-2-6/h3-4,6H,1-2H2. The van der Waals surface area contributed by atoms with Gasteiger partial charge in [0.05, 0.1) is 11.8 Å². The number of aromatic nitrogens is 4. The molecule has 2 heterocycles. The van der Waals surface area contributed by atoms with Crippen LogP contribution in [0.4, 0.5) is 3.89 Å². The summed E-state index contributed by atoms with van der Waals surface area (Å²) in [4.78, 5) is 0. The predicted octanol–water partition coefficient (Wildman–Crippen LogP) is 0.926. The maximum atomic E-state index is 13.0. The van der Waals surface area contributed by atoms with Gasteiger partial charge < -0.3 is 4.52 Å². The maximum Gasteiger partial charge on any atom is 0.368 e. The Labute approximate surface area is 95.5 Å². The molecule has 0 saturated heterocycles. The maximum absolute atomic E-state index is 13.0. The molecule has 9 heteroatoms. The van der Waals surface area contributed by atoms with Gasteiger partial charge in [-0.25, -0.2) is 0 Å². The van der Waals surface area contributed by atoms with Gasteiger partial charge in [-0.05, 0) is 12.8 Å². The summed E-state index contributed by atoms with van der Waals surface area (Å²) < 4.78 is 40.8. The van der Waals surface area contributed by atoms with E-state index in [1.807, 2.05) is 0 Å². The van der Waals surface area contributed by atoms with Crippen LogP contribution >= 0.6 is 0 Å². The van der Waals surface area contributed by atoms with Gasteiger partial charge in [0.25, 0.3) is 5.16 Å². The molecule has 0 amide bonds. The first-order chi connectivity index (χ1) is 8.07. The van der Waals surface area contributed by atoms with Crippen molar-refractivity contribution >= 4 is 10.2 Å². The zero-order valence-electron chi connectivity index (χ0n) is 8.45. The summed E-state index contributed by atoms with van der Waals surface area (Å²) in [6.45, 7) is 0. The van der Waals surface area contributed by atoms with Crippen molar-refractivity contribution in [1.29, 1.82) is 0 Å². The smallest absolute Gasteiger partial charge is 0.364 e. The third-order valence-electron chi connectivity index (χ3n) is 2.49. The fraction of sp³-hybridized carbons (Fsp3) is 0.375. The van der Waals surface area contributed by atoms with Gasteiger partial charge in [0.15, 0.2) is 5.82 Å². The van der Waals surface area contributed by atoms with E-state index < -0.39 is 15.4 Å². The number of halogens is 1. The molecule has 1 saturated carbocycles. The molecule has 17 heavy (non-hydrogen) atoms. The number of hydrogen-bond acceptors (Lipinski definition) is 6. The van der Waals surface area contributed by atoms with Crippen molar-refractivity contribution in [2.75, 3.05) is 0 Å². The van der Waals surface area contributed by atoms with Crippen LogP contribution in [0, 0.1) is 0 Å². The summed E-state index contributed by atoms with van der Waals surface area (Å²) in [6, 6.07) is -0.0737. The molecule has 0 aliphatic heterocycles. The van der Waals surface area contributed by atoms with Crippen LogP contribution in [0.25, 0.3) is 11.4 Å². The zero-order valence-corrected chi connectivity index (χ0v) is 9.26. The van der Waals surface area contributed by atoms with Crippen LogP contribution in [0.3, 0.4) is 0 Å². The summed E-state index contributed by atoms with van der Waals surface area (Å²) in [5.74, 6) is 0.255. The Morgan fingerprint density at radius 1 is 1.41 bits per heavy atom. The molecule has 1 aliphatic carbocycles. The topological polar surface area (TPSA) is 90.9 Å². The van der Waals surface area contributed by atoms with Crippen molar-refractivity contribution in [2.45, 2.75) is 24.0 Å². The van der Waals surface area contributed by atoms with Gasteiger partial charge in [0.2, 0.25) is 0 Å². The van der Waals surface area contributed by atoms with Gasteiger partial charge in [-0.3, -0.25) is 4.57 Å². The fourth-order valence-corrected chi connectivity index (χ4v) is 2.23. The Morgan fingerprint density at radius 3 is 2.71 bits per heavy atom. The molecule has 0 spiro atoms. The molecule has 7 nitrogen and oxygen atoms in total. The van der Waals surface area contributed by atoms with E-state index in [1.165, 1.54) is 17.0 Å². The Morgan fingerprint density at radius 2 is 2.18 bits per heavy atom. The van der Waals surface area contributed by atoms with Crippen LogP contribution in [0.1, 0.15) is 18.9 Å². The summed E-state index contributed by atoms with van der Waals surface area (Å²) >= 11 is 0. The highest BCUT2D eigenvalue weighted by Gasteiger charge is 2.35. The Bertz CT molecular complexity index is 644. The summed E-state index contributed by atoms with van der Waals surface area (Å²) in [7, 11) is -4.87. The van der Waals surface area contributed by atoms with E-state index in [4.69, 9.17) is 0 Å². The van der Waals surface area contributed by atoms with E-state index >= 15 is 0 Å². The molecular formula is C8H7FN4O3S. The van der Waals surface area contributed by atoms with Crippen molar-refractivity contribution < 1.29 is 16.8 Å². The zero-order chi connectivity index (χ0) is 12.0. The first kappa shape index (κ1) is 10.4. The van der Waals surface area contributed by atoms with Crippen molar-refractivity contribution in [3.8, 4) is 11.4 Å². The van der Waals surface area contributed by atoms with E-state index in [0.29, 0.717) is 5.56 Å². The van der Waals surface area contributed by atoms with Crippen LogP contribution in [-0.4, -0.2) is 28.3 Å². The van der Waals surface area contributed by atoms with Gasteiger partial charge >= 0.3 is 10.2 Å². The largest absolute Gasteiger partial charge is 0.368 e. The van der Waals surface area contributed by atoms with E-state index in [2.05, 4.69) is 19.9 Å². The van der Waals surface area contributed by atoms with Gasteiger partial charge in [-0.1, -0.05) is 9.04 Å². The lowest BCUT2D eigenvalue weighted by Gasteiger charge is -2.03. The molecular weight excluding hydrogens is 251 g/mol. The SMILES string of the molecule is O=S(=O)(F)c1nnc(-c2cnoc2)n1C1CC1. The van der Waals surface area contributed by atoms with Gasteiger partial charge in [0, 0.05) is 6.04 Å². The monoisotopic (exact) mass is 258 g/mol. The molecule has 0 bridgehead atoms. The first-order valence-electron chi connectivity index (χ1n) is 4.86. The minimum absolute atomic E-state index is 0.0737. The quantitative estimate of drug-likeness (QED) is 0.760. The highest BCUT2D eigenvalue weighted by Crippen LogP contribution is 2.40. The van der Waals surface area contributed by atoms with Crippen molar-refractivity contribution in [3.05, 3.63) is 12.5 Å². The van der Waals surface area contributed by atoms with Gasteiger partial charge in [0.1, 0.15) is 6.26 Å². The lowest BCUT2D eigenvalue weighted by atomic mass is 10.3. The van der Waals surface area contributed by atoms with Crippen molar-refractivity contribution in [2.24, 2.45) is 0 Å². The third kappa shape index (κ3) is 1.71. The normalized spacial score (nSPS) is 16.3. The Hall–Kier alpha value is -1.77. The minimum atomic E-state index is -4.87. The van der Waals surface area contributed by atoms with Crippen LogP contribution in [0.15, 0.2) is 22.1 Å². The summed E-state index contributed by atoms with van der Waals surface area (Å²) in [5, 5.41) is 9.90. The molecule has 1 fully saturated rings. The summed E-state index contributed by atoms with van der Waals surface area (Å²) in [6.07, 6.45) is 4.23.